The average molecular weight is 471 g/mol. The smallest absolute Gasteiger partial charge is 0.243 e. The van der Waals surface area contributed by atoms with Gasteiger partial charge in [-0.05, 0) is 13.2 Å². The summed E-state index contributed by atoms with van der Waals surface area (Å²) in [5, 5.41) is 7.60. The summed E-state index contributed by atoms with van der Waals surface area (Å²) in [6, 6.07) is 0. The molecule has 0 saturated heterocycles. The summed E-state index contributed by atoms with van der Waals surface area (Å²) >= 11 is 3.48. The molecule has 132 valence electrons. The molecule has 1 heterocycles. The average Bonchev–Trinajstić information content (AvgIpc) is 2.89. The topological polar surface area (TPSA) is 69.6 Å². The molecule has 1 rings (SSSR count). The summed E-state index contributed by atoms with van der Waals surface area (Å²) in [6.45, 7) is 3.77. The molecule has 1 amide bonds. The van der Waals surface area contributed by atoms with E-state index < -0.39 is 0 Å². The Morgan fingerprint density at radius 1 is 1.39 bits per heavy atom. The molecule has 0 saturated carbocycles. The molecule has 0 aromatic carbocycles. The van der Waals surface area contributed by atoms with E-state index in [0.29, 0.717) is 5.96 Å². The zero-order valence-electron chi connectivity index (χ0n) is 14.1. The van der Waals surface area contributed by atoms with Crippen molar-refractivity contribution >= 4 is 58.9 Å². The minimum atomic E-state index is -0.0125. The Morgan fingerprint density at radius 2 is 2.09 bits per heavy atom. The lowest BCUT2D eigenvalue weighted by atomic mass is 10.4. The fourth-order valence-electron chi connectivity index (χ4n) is 1.54. The summed E-state index contributed by atoms with van der Waals surface area (Å²) in [5.41, 5.74) is 0. The second-order valence-corrected chi connectivity index (χ2v) is 7.22. The van der Waals surface area contributed by atoms with E-state index in [0.717, 1.165) is 30.3 Å². The van der Waals surface area contributed by atoms with Gasteiger partial charge in [0.1, 0.15) is 6.54 Å². The molecule has 0 aliphatic heterocycles. The van der Waals surface area contributed by atoms with Crippen LogP contribution in [0.25, 0.3) is 0 Å². The molecule has 0 fully saturated rings. The van der Waals surface area contributed by atoms with Crippen LogP contribution >= 0.6 is 47.1 Å². The molecule has 0 atom stereocenters. The van der Waals surface area contributed by atoms with Gasteiger partial charge in [0.05, 0.1) is 5.01 Å². The Balaban J connectivity index is 0.00000484. The van der Waals surface area contributed by atoms with Crippen LogP contribution in [0.4, 0.5) is 0 Å². The molecule has 0 radical (unpaired) electrons. The molecule has 9 heteroatoms. The molecule has 1 aromatic heterocycles. The lowest BCUT2D eigenvalue weighted by Gasteiger charge is -2.13. The van der Waals surface area contributed by atoms with E-state index >= 15 is 0 Å². The molecule has 0 spiro atoms. The van der Waals surface area contributed by atoms with Crippen LogP contribution in [-0.4, -0.2) is 67.5 Å². The normalized spacial score (nSPS) is 10.9. The maximum atomic E-state index is 11.6. The van der Waals surface area contributed by atoms with Crippen LogP contribution < -0.4 is 10.6 Å². The number of thiazole rings is 1. The van der Waals surface area contributed by atoms with Crippen molar-refractivity contribution < 1.29 is 4.79 Å². The minimum Gasteiger partial charge on any atom is -0.356 e. The number of amides is 1. The van der Waals surface area contributed by atoms with Crippen molar-refractivity contribution in [2.75, 3.05) is 45.7 Å². The third-order valence-electron chi connectivity index (χ3n) is 2.77. The van der Waals surface area contributed by atoms with Crippen molar-refractivity contribution in [3.05, 3.63) is 16.1 Å². The molecule has 23 heavy (non-hydrogen) atoms. The summed E-state index contributed by atoms with van der Waals surface area (Å²) < 4.78 is 0. The first-order valence-corrected chi connectivity index (χ1v) is 9.36. The molecule has 0 aliphatic rings. The van der Waals surface area contributed by atoms with E-state index in [2.05, 4.69) is 33.8 Å². The standard InChI is InChI=1S/C14H25N5OS2.HI/c1-11-9-17-12(22-11)5-6-15-14(16-7-8-21-4)18-10-13(20)19(2)3;/h9H,5-8,10H2,1-4H3,(H2,15,16,18);1H. The predicted molar refractivity (Wildman–Crippen MR) is 111 cm³/mol. The van der Waals surface area contributed by atoms with Crippen LogP contribution in [0.15, 0.2) is 11.2 Å². The number of aliphatic imine (C=N–C) groups is 1. The van der Waals surface area contributed by atoms with E-state index in [4.69, 9.17) is 0 Å². The van der Waals surface area contributed by atoms with E-state index in [-0.39, 0.29) is 36.4 Å². The molecule has 1 aromatic rings. The van der Waals surface area contributed by atoms with Gasteiger partial charge in [0.15, 0.2) is 5.96 Å². The summed E-state index contributed by atoms with van der Waals surface area (Å²) in [7, 11) is 3.47. The molecule has 0 bridgehead atoms. The Morgan fingerprint density at radius 3 is 2.65 bits per heavy atom. The van der Waals surface area contributed by atoms with Gasteiger partial charge in [0.2, 0.25) is 5.91 Å². The second-order valence-electron chi connectivity index (χ2n) is 4.91. The largest absolute Gasteiger partial charge is 0.356 e. The lowest BCUT2D eigenvalue weighted by molar-refractivity contribution is -0.127. The number of hydrogen-bond donors (Lipinski definition) is 2. The van der Waals surface area contributed by atoms with E-state index in [9.17, 15) is 4.79 Å². The number of halogens is 1. The summed E-state index contributed by atoms with van der Waals surface area (Å²) in [5.74, 6) is 1.66. The number of rotatable bonds is 8. The fourth-order valence-corrected chi connectivity index (χ4v) is 2.63. The third kappa shape index (κ3) is 10.0. The Hall–Kier alpha value is -0.550. The number of guanidine groups is 1. The highest BCUT2D eigenvalue weighted by Crippen LogP contribution is 2.10. The molecular weight excluding hydrogens is 445 g/mol. The quantitative estimate of drug-likeness (QED) is 0.261. The van der Waals surface area contributed by atoms with E-state index in [1.165, 1.54) is 4.88 Å². The molecule has 0 aliphatic carbocycles. The van der Waals surface area contributed by atoms with Gasteiger partial charge in [-0.1, -0.05) is 0 Å². The molecular formula is C14H26IN5OS2. The van der Waals surface area contributed by atoms with Gasteiger partial charge >= 0.3 is 0 Å². The van der Waals surface area contributed by atoms with Gasteiger partial charge in [-0.2, -0.15) is 11.8 Å². The van der Waals surface area contributed by atoms with Crippen molar-refractivity contribution in [3.63, 3.8) is 0 Å². The number of aryl methyl sites for hydroxylation is 1. The number of nitrogens with one attached hydrogen (secondary N) is 2. The van der Waals surface area contributed by atoms with E-state index in [1.807, 2.05) is 6.20 Å². The van der Waals surface area contributed by atoms with Crippen LogP contribution in [0.5, 0.6) is 0 Å². The van der Waals surface area contributed by atoms with Gasteiger partial charge in [-0.15, -0.1) is 35.3 Å². The number of likely N-dealkylation sites (N-methyl/N-ethyl adjacent to an activating group) is 1. The van der Waals surface area contributed by atoms with Gasteiger partial charge in [-0.3, -0.25) is 4.79 Å². The van der Waals surface area contributed by atoms with Crippen LogP contribution in [0, 0.1) is 6.92 Å². The lowest BCUT2D eigenvalue weighted by Crippen LogP contribution is -2.40. The summed E-state index contributed by atoms with van der Waals surface area (Å²) in [6.07, 6.45) is 4.80. The number of hydrogen-bond acceptors (Lipinski definition) is 5. The third-order valence-corrected chi connectivity index (χ3v) is 4.36. The number of nitrogens with zero attached hydrogens (tertiary/aromatic N) is 3. The van der Waals surface area contributed by atoms with Crippen molar-refractivity contribution in [3.8, 4) is 0 Å². The number of carbonyl (C=O) groups is 1. The van der Waals surface area contributed by atoms with Gasteiger partial charge in [-0.25, -0.2) is 9.98 Å². The second kappa shape index (κ2) is 12.8. The van der Waals surface area contributed by atoms with Gasteiger partial charge in [0.25, 0.3) is 0 Å². The Labute approximate surface area is 163 Å². The van der Waals surface area contributed by atoms with Crippen LogP contribution in [-0.2, 0) is 11.2 Å². The SMILES string of the molecule is CSCCNC(=NCC(=O)N(C)C)NCCc1ncc(C)s1.I. The maximum absolute atomic E-state index is 11.6. The maximum Gasteiger partial charge on any atom is 0.243 e. The Bertz CT molecular complexity index is 493. The Kier molecular flexibility index (Phi) is 12.5. The van der Waals surface area contributed by atoms with Crippen LogP contribution in [0.1, 0.15) is 9.88 Å². The highest BCUT2D eigenvalue weighted by Gasteiger charge is 2.05. The number of aromatic nitrogens is 1. The van der Waals surface area contributed by atoms with Crippen molar-refractivity contribution in [2.24, 2.45) is 4.99 Å². The van der Waals surface area contributed by atoms with Crippen molar-refractivity contribution in [1.29, 1.82) is 0 Å². The van der Waals surface area contributed by atoms with Gasteiger partial charge in [0, 0.05) is 50.4 Å². The van der Waals surface area contributed by atoms with Crippen LogP contribution in [0.2, 0.25) is 0 Å². The zero-order chi connectivity index (χ0) is 16.4. The monoisotopic (exact) mass is 471 g/mol. The fraction of sp³-hybridized carbons (Fsp3) is 0.643. The van der Waals surface area contributed by atoms with Gasteiger partial charge < -0.3 is 15.5 Å². The highest BCUT2D eigenvalue weighted by atomic mass is 127. The molecule has 6 nitrogen and oxygen atoms in total. The first-order valence-electron chi connectivity index (χ1n) is 7.15. The predicted octanol–water partition coefficient (Wildman–Crippen LogP) is 1.60. The summed E-state index contributed by atoms with van der Waals surface area (Å²) in [4.78, 5) is 23.1. The number of thioether (sulfide) groups is 1. The zero-order valence-corrected chi connectivity index (χ0v) is 18.1. The van der Waals surface area contributed by atoms with Crippen molar-refractivity contribution in [1.82, 2.24) is 20.5 Å². The first kappa shape index (κ1) is 22.4. The molecule has 0 unspecified atom stereocenters. The number of carbonyl (C=O) groups excluding carboxylic acids is 1. The minimum absolute atomic E-state index is 0. The first-order chi connectivity index (χ1) is 10.5. The van der Waals surface area contributed by atoms with E-state index in [1.54, 1.807) is 42.1 Å². The molecule has 2 N–H and O–H groups in total. The van der Waals surface area contributed by atoms with Crippen molar-refractivity contribution in [2.45, 2.75) is 13.3 Å². The van der Waals surface area contributed by atoms with Crippen LogP contribution in [0.3, 0.4) is 0 Å². The highest BCUT2D eigenvalue weighted by molar-refractivity contribution is 14.0.